The summed E-state index contributed by atoms with van der Waals surface area (Å²) in [4.78, 5) is 66.3. The molecule has 300 valence electrons. The topological polar surface area (TPSA) is 195 Å². The number of ether oxygens (including phenoxy) is 3. The first kappa shape index (κ1) is 40.4. The Kier molecular flexibility index (Phi) is 10.8. The molecule has 56 heavy (non-hydrogen) atoms. The van der Waals surface area contributed by atoms with Crippen LogP contribution in [0.5, 0.6) is 11.5 Å². The Morgan fingerprint density at radius 1 is 1.04 bits per heavy atom. The van der Waals surface area contributed by atoms with E-state index in [1.54, 1.807) is 79.1 Å². The van der Waals surface area contributed by atoms with Crippen molar-refractivity contribution in [3.05, 3.63) is 61.3 Å². The molecule has 0 radical (unpaired) electrons. The molecule has 3 N–H and O–H groups in total. The molecule has 2 aromatic heterocycles. The van der Waals surface area contributed by atoms with Gasteiger partial charge in [-0.05, 0) is 69.7 Å². The van der Waals surface area contributed by atoms with Crippen LogP contribution in [0.4, 0.5) is 4.79 Å². The summed E-state index contributed by atoms with van der Waals surface area (Å²) in [6, 6.07) is 10.2. The van der Waals surface area contributed by atoms with E-state index in [0.717, 1.165) is 0 Å². The number of rotatable bonds is 12. The highest BCUT2D eigenvalue weighted by Gasteiger charge is 2.62. The van der Waals surface area contributed by atoms with Gasteiger partial charge in [-0.2, -0.15) is 0 Å². The Morgan fingerprint density at radius 2 is 1.77 bits per heavy atom. The molecular weight excluding hydrogens is 741 g/mol. The van der Waals surface area contributed by atoms with Gasteiger partial charge in [-0.3, -0.25) is 24.1 Å². The number of aromatic nitrogens is 2. The predicted molar refractivity (Wildman–Crippen MR) is 208 cm³/mol. The van der Waals surface area contributed by atoms with Crippen LogP contribution in [0.15, 0.2) is 61.3 Å². The van der Waals surface area contributed by atoms with Crippen molar-refractivity contribution in [2.24, 2.45) is 11.3 Å². The molecule has 1 saturated heterocycles. The number of amides is 4. The molecule has 0 bridgehead atoms. The zero-order chi connectivity index (χ0) is 40.8. The highest BCUT2D eigenvalue weighted by atomic mass is 32.2. The zero-order valence-electron chi connectivity index (χ0n) is 32.7. The minimum atomic E-state index is -3.92. The molecule has 4 amide bonds. The lowest BCUT2D eigenvalue weighted by Gasteiger charge is -2.36. The molecular formula is C40H50N6O9S. The number of fused-ring (bicyclic) bond motifs is 1. The van der Waals surface area contributed by atoms with Crippen LogP contribution in [0, 0.1) is 11.3 Å². The highest BCUT2D eigenvalue weighted by Crippen LogP contribution is 2.46. The van der Waals surface area contributed by atoms with Gasteiger partial charge in [0.15, 0.2) is 0 Å². The monoisotopic (exact) mass is 790 g/mol. The van der Waals surface area contributed by atoms with Gasteiger partial charge in [0, 0.05) is 36.1 Å². The molecule has 3 heterocycles. The second-order valence-electron chi connectivity index (χ2n) is 16.7. The van der Waals surface area contributed by atoms with Gasteiger partial charge < -0.3 is 29.7 Å². The third-order valence-electron chi connectivity index (χ3n) is 10.1. The maximum absolute atomic E-state index is 14.6. The number of benzene rings is 1. The zero-order valence-corrected chi connectivity index (χ0v) is 33.6. The van der Waals surface area contributed by atoms with Crippen LogP contribution in [-0.2, 0) is 29.1 Å². The molecule has 1 aliphatic heterocycles. The van der Waals surface area contributed by atoms with Crippen molar-refractivity contribution in [2.45, 2.75) is 102 Å². The quantitative estimate of drug-likeness (QED) is 0.222. The van der Waals surface area contributed by atoms with Gasteiger partial charge in [0.1, 0.15) is 40.8 Å². The fourth-order valence-corrected chi connectivity index (χ4v) is 8.22. The molecule has 3 fully saturated rings. The normalized spacial score (nSPS) is 22.8. The van der Waals surface area contributed by atoms with Crippen LogP contribution in [0.25, 0.3) is 22.3 Å². The van der Waals surface area contributed by atoms with Gasteiger partial charge in [0.05, 0.1) is 35.8 Å². The number of hydrogen-bond acceptors (Lipinski definition) is 11. The Labute approximate surface area is 327 Å². The summed E-state index contributed by atoms with van der Waals surface area (Å²) in [5.74, 6) is -1.65. The first-order valence-electron chi connectivity index (χ1n) is 18.6. The molecule has 15 nitrogen and oxygen atoms in total. The van der Waals surface area contributed by atoms with Gasteiger partial charge in [-0.25, -0.2) is 18.2 Å². The molecule has 2 aliphatic carbocycles. The predicted octanol–water partition coefficient (Wildman–Crippen LogP) is 4.26. The summed E-state index contributed by atoms with van der Waals surface area (Å²) < 4.78 is 45.3. The molecule has 1 aromatic carbocycles. The Hall–Kier alpha value is -5.25. The number of nitrogens with zero attached hydrogens (tertiary/aromatic N) is 3. The van der Waals surface area contributed by atoms with Crippen molar-refractivity contribution in [3.8, 4) is 22.9 Å². The minimum Gasteiger partial charge on any atom is -0.497 e. The molecule has 5 unspecified atom stereocenters. The van der Waals surface area contributed by atoms with E-state index in [1.807, 2.05) is 18.2 Å². The van der Waals surface area contributed by atoms with E-state index in [9.17, 15) is 27.6 Å². The van der Waals surface area contributed by atoms with Crippen molar-refractivity contribution in [1.82, 2.24) is 30.2 Å². The van der Waals surface area contributed by atoms with E-state index < -0.39 is 79.7 Å². The van der Waals surface area contributed by atoms with E-state index >= 15 is 0 Å². The highest BCUT2D eigenvalue weighted by molar-refractivity contribution is 7.91. The summed E-state index contributed by atoms with van der Waals surface area (Å²) in [6.07, 6.45) is 2.61. The Bertz CT molecular complexity index is 2150. The molecule has 3 aliphatic rings. The van der Waals surface area contributed by atoms with Crippen LogP contribution in [0.1, 0.15) is 67.2 Å². The molecule has 3 aromatic rings. The summed E-state index contributed by atoms with van der Waals surface area (Å²) in [5.41, 5.74) is -1.58. The SMILES string of the molecule is C=CC1CC1(NC(=O)C1CC(Oc2cc(-c3ccccn3)nc3cc(OC)ccc23)CN1C(=O)C(NC(=O)OC(C)(C)C)C(C)(C)C)C(=O)NS(=O)(=O)C1CC1. The van der Waals surface area contributed by atoms with Gasteiger partial charge in [0.25, 0.3) is 5.91 Å². The van der Waals surface area contributed by atoms with Gasteiger partial charge in [0.2, 0.25) is 21.8 Å². The number of nitrogens with one attached hydrogen (secondary N) is 3. The second kappa shape index (κ2) is 15.0. The number of likely N-dealkylation sites (tertiary alicyclic amines) is 1. The fourth-order valence-electron chi connectivity index (χ4n) is 6.86. The van der Waals surface area contributed by atoms with Gasteiger partial charge in [-0.15, -0.1) is 6.58 Å². The van der Waals surface area contributed by atoms with Crippen LogP contribution in [0.2, 0.25) is 0 Å². The van der Waals surface area contributed by atoms with Crippen molar-refractivity contribution in [3.63, 3.8) is 0 Å². The van der Waals surface area contributed by atoms with Gasteiger partial charge in [-0.1, -0.05) is 32.9 Å². The van der Waals surface area contributed by atoms with Gasteiger partial charge >= 0.3 is 6.09 Å². The van der Waals surface area contributed by atoms with Crippen LogP contribution < -0.4 is 24.8 Å². The van der Waals surface area contributed by atoms with E-state index in [1.165, 1.54) is 11.0 Å². The smallest absolute Gasteiger partial charge is 0.408 e. The number of methoxy groups -OCH3 is 1. The van der Waals surface area contributed by atoms with Crippen LogP contribution in [0.3, 0.4) is 0 Å². The number of pyridine rings is 2. The van der Waals surface area contributed by atoms with Crippen molar-refractivity contribution < 1.29 is 41.8 Å². The van der Waals surface area contributed by atoms with E-state index in [-0.39, 0.29) is 19.4 Å². The van der Waals surface area contributed by atoms with E-state index in [4.69, 9.17) is 19.2 Å². The summed E-state index contributed by atoms with van der Waals surface area (Å²) >= 11 is 0. The van der Waals surface area contributed by atoms with Crippen LogP contribution in [-0.4, -0.2) is 95.3 Å². The van der Waals surface area contributed by atoms with E-state index in [0.29, 0.717) is 46.6 Å². The molecule has 0 spiro atoms. The number of alkyl carbamates (subject to hydrolysis) is 1. The van der Waals surface area contributed by atoms with Crippen molar-refractivity contribution in [2.75, 3.05) is 13.7 Å². The third kappa shape index (κ3) is 8.74. The van der Waals surface area contributed by atoms with Crippen LogP contribution >= 0.6 is 0 Å². The summed E-state index contributed by atoms with van der Waals surface area (Å²) in [5, 5.41) is 5.51. The lowest BCUT2D eigenvalue weighted by atomic mass is 9.85. The summed E-state index contributed by atoms with van der Waals surface area (Å²) in [7, 11) is -2.37. The fraction of sp³-hybridized carbons (Fsp3) is 0.500. The average Bonchev–Trinajstić information content (AvgIpc) is 4.06. The summed E-state index contributed by atoms with van der Waals surface area (Å²) in [6.45, 7) is 14.2. The molecule has 6 rings (SSSR count). The van der Waals surface area contributed by atoms with E-state index in [2.05, 4.69) is 26.9 Å². The number of carbonyl (C=O) groups is 4. The maximum Gasteiger partial charge on any atom is 0.408 e. The number of hydrogen-bond donors (Lipinski definition) is 3. The Balaban J connectivity index is 1.34. The van der Waals surface area contributed by atoms with Crippen molar-refractivity contribution >= 4 is 44.7 Å². The maximum atomic E-state index is 14.6. The average molecular weight is 791 g/mol. The number of sulfonamides is 1. The van der Waals surface area contributed by atoms with Crippen molar-refractivity contribution in [1.29, 1.82) is 0 Å². The lowest BCUT2D eigenvalue weighted by molar-refractivity contribution is -0.143. The first-order valence-corrected chi connectivity index (χ1v) is 20.2. The second-order valence-corrected chi connectivity index (χ2v) is 18.7. The lowest BCUT2D eigenvalue weighted by Crippen LogP contribution is -2.60. The molecule has 5 atom stereocenters. The molecule has 2 saturated carbocycles. The largest absolute Gasteiger partial charge is 0.497 e. The first-order chi connectivity index (χ1) is 26.2. The standard InChI is InChI=1S/C40H50N6O9S/c1-9-23-21-40(23,36(49)45-56(51,52)26-14-15-26)44-34(47)31-19-25(22-46(31)35(48)33(38(2,3)4)43-37(50)55-39(5,6)7)54-32-20-30(28-12-10-11-17-41-28)42-29-18-24(53-8)13-16-27(29)32/h9-13,16-18,20,23,25-26,31,33H,1,14-15,19,21-22H2,2-8H3,(H,43,50)(H,44,47)(H,45,49). The number of carbonyl (C=O) groups excluding carboxylic acids is 4. The third-order valence-corrected chi connectivity index (χ3v) is 11.9. The molecule has 16 heteroatoms. The minimum absolute atomic E-state index is 0.00338. The Morgan fingerprint density at radius 3 is 2.36 bits per heavy atom.